The molecule has 1 aromatic rings. The predicted molar refractivity (Wildman–Crippen MR) is 66.1 cm³/mol. The number of nitrogens with one attached hydrogen (secondary N) is 1. The van der Waals surface area contributed by atoms with Crippen LogP contribution in [0.25, 0.3) is 0 Å². The Kier molecular flexibility index (Phi) is 4.62. The molecular formula is C12H16ClNO2. The molecule has 0 aromatic heterocycles. The van der Waals surface area contributed by atoms with Gasteiger partial charge in [-0.2, -0.15) is 0 Å². The number of rotatable bonds is 5. The summed E-state index contributed by atoms with van der Waals surface area (Å²) in [4.78, 5) is 11.3. The minimum Gasteiger partial charge on any atom is -0.495 e. The Morgan fingerprint density at radius 2 is 2.00 bits per heavy atom. The second kappa shape index (κ2) is 5.75. The molecule has 0 aliphatic carbocycles. The molecule has 0 radical (unpaired) electrons. The van der Waals surface area contributed by atoms with E-state index in [1.54, 1.807) is 7.11 Å². The molecule has 0 saturated heterocycles. The van der Waals surface area contributed by atoms with Crippen LogP contribution in [0.15, 0.2) is 24.3 Å². The third-order valence-electron chi connectivity index (χ3n) is 2.33. The summed E-state index contributed by atoms with van der Waals surface area (Å²) in [5.41, 5.74) is 0.776. The SMILES string of the molecule is COc1ccccc1NC(C(=O)Cl)C(C)C. The molecule has 1 N–H and O–H groups in total. The Morgan fingerprint density at radius 1 is 1.38 bits per heavy atom. The standard InChI is InChI=1S/C12H16ClNO2/c1-8(2)11(12(13)15)14-9-6-4-5-7-10(9)16-3/h4-8,11,14H,1-3H3. The largest absolute Gasteiger partial charge is 0.495 e. The lowest BCUT2D eigenvalue weighted by molar-refractivity contribution is -0.113. The number of hydrogen-bond acceptors (Lipinski definition) is 3. The minimum absolute atomic E-state index is 0.120. The lowest BCUT2D eigenvalue weighted by Crippen LogP contribution is -2.31. The summed E-state index contributed by atoms with van der Waals surface area (Å²) in [7, 11) is 1.59. The second-order valence-corrected chi connectivity index (χ2v) is 4.24. The fourth-order valence-corrected chi connectivity index (χ4v) is 1.72. The van der Waals surface area contributed by atoms with Crippen LogP contribution < -0.4 is 10.1 Å². The molecule has 16 heavy (non-hydrogen) atoms. The van der Waals surface area contributed by atoms with Gasteiger partial charge in [0.2, 0.25) is 5.24 Å². The first-order chi connectivity index (χ1) is 7.56. The maximum atomic E-state index is 11.3. The Hall–Kier alpha value is -1.22. The van der Waals surface area contributed by atoms with Crippen LogP contribution in [0.5, 0.6) is 5.75 Å². The summed E-state index contributed by atoms with van der Waals surface area (Å²) in [6, 6.07) is 7.03. The first-order valence-corrected chi connectivity index (χ1v) is 5.53. The highest BCUT2D eigenvalue weighted by atomic mass is 35.5. The number of carbonyl (C=O) groups excluding carboxylic acids is 1. The van der Waals surface area contributed by atoms with E-state index in [4.69, 9.17) is 16.3 Å². The van der Waals surface area contributed by atoms with Gasteiger partial charge in [-0.1, -0.05) is 26.0 Å². The van der Waals surface area contributed by atoms with Crippen molar-refractivity contribution < 1.29 is 9.53 Å². The molecule has 0 amide bonds. The first kappa shape index (κ1) is 12.8. The number of methoxy groups -OCH3 is 1. The van der Waals surface area contributed by atoms with Crippen molar-refractivity contribution in [1.29, 1.82) is 0 Å². The lowest BCUT2D eigenvalue weighted by atomic mass is 10.1. The topological polar surface area (TPSA) is 38.3 Å². The number of halogens is 1. The van der Waals surface area contributed by atoms with E-state index in [9.17, 15) is 4.79 Å². The van der Waals surface area contributed by atoms with Gasteiger partial charge in [-0.05, 0) is 29.7 Å². The van der Waals surface area contributed by atoms with Gasteiger partial charge < -0.3 is 10.1 Å². The molecule has 3 nitrogen and oxygen atoms in total. The van der Waals surface area contributed by atoms with Gasteiger partial charge in [-0.15, -0.1) is 0 Å². The fourth-order valence-electron chi connectivity index (χ4n) is 1.42. The summed E-state index contributed by atoms with van der Waals surface area (Å²) >= 11 is 5.54. The van der Waals surface area contributed by atoms with Crippen LogP contribution in [-0.2, 0) is 4.79 Å². The molecule has 0 aliphatic rings. The Bertz CT molecular complexity index is 366. The summed E-state index contributed by atoms with van der Waals surface area (Å²) in [5.74, 6) is 0.820. The lowest BCUT2D eigenvalue weighted by Gasteiger charge is -2.20. The summed E-state index contributed by atoms with van der Waals surface area (Å²) in [5, 5.41) is 2.70. The van der Waals surface area contributed by atoms with Crippen LogP contribution in [0.4, 0.5) is 5.69 Å². The highest BCUT2D eigenvalue weighted by molar-refractivity contribution is 6.65. The molecule has 0 fully saturated rings. The van der Waals surface area contributed by atoms with Crippen molar-refractivity contribution in [2.45, 2.75) is 19.9 Å². The Morgan fingerprint density at radius 3 is 2.50 bits per heavy atom. The number of carbonyl (C=O) groups is 1. The number of anilines is 1. The Labute approximate surface area is 101 Å². The highest BCUT2D eigenvalue weighted by Crippen LogP contribution is 2.25. The zero-order chi connectivity index (χ0) is 12.1. The van der Waals surface area contributed by atoms with Crippen LogP contribution in [-0.4, -0.2) is 18.4 Å². The van der Waals surface area contributed by atoms with Crippen LogP contribution in [0.3, 0.4) is 0 Å². The van der Waals surface area contributed by atoms with E-state index in [1.807, 2.05) is 38.1 Å². The normalized spacial score (nSPS) is 12.3. The summed E-state index contributed by atoms with van der Waals surface area (Å²) in [6.45, 7) is 3.88. The van der Waals surface area contributed by atoms with Crippen molar-refractivity contribution in [3.05, 3.63) is 24.3 Å². The van der Waals surface area contributed by atoms with Crippen molar-refractivity contribution in [1.82, 2.24) is 0 Å². The third kappa shape index (κ3) is 3.14. The molecule has 88 valence electrons. The number of para-hydroxylation sites is 2. The average Bonchev–Trinajstić information content (AvgIpc) is 2.25. The molecule has 1 unspecified atom stereocenters. The minimum atomic E-state index is -0.405. The highest BCUT2D eigenvalue weighted by Gasteiger charge is 2.20. The molecule has 0 heterocycles. The van der Waals surface area contributed by atoms with E-state index < -0.39 is 6.04 Å². The smallest absolute Gasteiger partial charge is 0.244 e. The molecule has 0 saturated carbocycles. The molecule has 0 spiro atoms. The molecular weight excluding hydrogens is 226 g/mol. The van der Waals surface area contributed by atoms with Crippen molar-refractivity contribution in [3.8, 4) is 5.75 Å². The number of hydrogen-bond donors (Lipinski definition) is 1. The average molecular weight is 242 g/mol. The first-order valence-electron chi connectivity index (χ1n) is 5.15. The van der Waals surface area contributed by atoms with E-state index in [2.05, 4.69) is 5.32 Å². The van der Waals surface area contributed by atoms with Crippen molar-refractivity contribution in [2.24, 2.45) is 5.92 Å². The molecule has 0 bridgehead atoms. The number of benzene rings is 1. The molecule has 1 rings (SSSR count). The summed E-state index contributed by atoms with van der Waals surface area (Å²) in [6.07, 6.45) is 0. The van der Waals surface area contributed by atoms with Crippen molar-refractivity contribution >= 4 is 22.5 Å². The molecule has 1 aromatic carbocycles. The van der Waals surface area contributed by atoms with Gasteiger partial charge in [-0.25, -0.2) is 0 Å². The third-order valence-corrected chi connectivity index (χ3v) is 2.56. The molecule has 1 atom stereocenters. The summed E-state index contributed by atoms with van der Waals surface area (Å²) < 4.78 is 5.19. The fraction of sp³-hybridized carbons (Fsp3) is 0.417. The zero-order valence-electron chi connectivity index (χ0n) is 9.66. The van der Waals surface area contributed by atoms with Crippen LogP contribution in [0.2, 0.25) is 0 Å². The van der Waals surface area contributed by atoms with Gasteiger partial charge in [0.1, 0.15) is 11.8 Å². The van der Waals surface area contributed by atoms with Gasteiger partial charge in [-0.3, -0.25) is 4.79 Å². The van der Waals surface area contributed by atoms with E-state index >= 15 is 0 Å². The van der Waals surface area contributed by atoms with Gasteiger partial charge in [0.25, 0.3) is 0 Å². The van der Waals surface area contributed by atoms with E-state index in [-0.39, 0.29) is 11.2 Å². The van der Waals surface area contributed by atoms with Crippen molar-refractivity contribution in [3.63, 3.8) is 0 Å². The van der Waals surface area contributed by atoms with Crippen molar-refractivity contribution in [2.75, 3.05) is 12.4 Å². The Balaban J connectivity index is 2.89. The molecule has 0 aliphatic heterocycles. The molecule has 4 heteroatoms. The zero-order valence-corrected chi connectivity index (χ0v) is 10.4. The predicted octanol–water partition coefficient (Wildman–Crippen LogP) is 2.90. The maximum Gasteiger partial charge on any atom is 0.244 e. The van der Waals surface area contributed by atoms with Gasteiger partial charge in [0.15, 0.2) is 0 Å². The van der Waals surface area contributed by atoms with E-state index in [0.717, 1.165) is 5.69 Å². The van der Waals surface area contributed by atoms with Crippen LogP contribution >= 0.6 is 11.6 Å². The number of ether oxygens (including phenoxy) is 1. The van der Waals surface area contributed by atoms with E-state index in [1.165, 1.54) is 0 Å². The van der Waals surface area contributed by atoms with Gasteiger partial charge >= 0.3 is 0 Å². The van der Waals surface area contributed by atoms with E-state index in [0.29, 0.717) is 5.75 Å². The second-order valence-electron chi connectivity index (χ2n) is 3.87. The quantitative estimate of drug-likeness (QED) is 0.806. The monoisotopic (exact) mass is 241 g/mol. The van der Waals surface area contributed by atoms with Crippen LogP contribution in [0, 0.1) is 5.92 Å². The van der Waals surface area contributed by atoms with Gasteiger partial charge in [0.05, 0.1) is 12.8 Å². The van der Waals surface area contributed by atoms with Crippen LogP contribution in [0.1, 0.15) is 13.8 Å². The van der Waals surface area contributed by atoms with Gasteiger partial charge in [0, 0.05) is 0 Å². The maximum absolute atomic E-state index is 11.3.